The Kier molecular flexibility index (Phi) is 8.99. The number of oxime groups is 1. The lowest BCUT2D eigenvalue weighted by molar-refractivity contribution is -0.0278. The normalized spacial score (nSPS) is 19.6. The average molecular weight is 358 g/mol. The number of ether oxygens (including phenoxy) is 1. The van der Waals surface area contributed by atoms with Gasteiger partial charge >= 0.3 is 6.09 Å². The molecule has 3 N–H and O–H groups in total. The molecule has 0 aromatic heterocycles. The van der Waals surface area contributed by atoms with Crippen LogP contribution in [0.15, 0.2) is 5.16 Å². The number of rotatable bonds is 8. The summed E-state index contributed by atoms with van der Waals surface area (Å²) in [7, 11) is 1.66. The van der Waals surface area contributed by atoms with Crippen molar-refractivity contribution in [1.82, 2.24) is 9.80 Å². The molecular weight excluding hydrogens is 324 g/mol. The van der Waals surface area contributed by atoms with Crippen LogP contribution < -0.4 is 5.73 Å². The molecule has 1 aliphatic heterocycles. The van der Waals surface area contributed by atoms with Gasteiger partial charge in [-0.2, -0.15) is 0 Å². The summed E-state index contributed by atoms with van der Waals surface area (Å²) < 4.78 is 5.26. The Morgan fingerprint density at radius 1 is 1.40 bits per heavy atom. The van der Waals surface area contributed by atoms with Crippen LogP contribution >= 0.6 is 0 Å². The first-order chi connectivity index (χ1) is 11.7. The average Bonchev–Trinajstić information content (AvgIpc) is 2.52. The number of hydrogen-bond acceptors (Lipinski definition) is 6. The molecule has 1 fully saturated rings. The lowest BCUT2D eigenvalue weighted by Gasteiger charge is -2.31. The summed E-state index contributed by atoms with van der Waals surface area (Å²) in [6.07, 6.45) is 3.55. The summed E-state index contributed by atoms with van der Waals surface area (Å²) in [5.74, 6) is 0.341. The van der Waals surface area contributed by atoms with Crippen molar-refractivity contribution in [2.24, 2.45) is 10.9 Å². The van der Waals surface area contributed by atoms with Crippen LogP contribution in [-0.2, 0) is 9.57 Å². The van der Waals surface area contributed by atoms with Crippen LogP contribution in [0.4, 0.5) is 4.79 Å². The first-order valence-corrected chi connectivity index (χ1v) is 8.99. The second-order valence-electron chi connectivity index (χ2n) is 7.43. The number of aliphatic hydroxyl groups excluding tert-OH is 1. The number of carbonyl (C=O) groups excluding carboxylic acids is 1. The third-order valence-electron chi connectivity index (χ3n) is 3.85. The summed E-state index contributed by atoms with van der Waals surface area (Å²) in [6.45, 7) is 8.06. The number of amides is 1. The summed E-state index contributed by atoms with van der Waals surface area (Å²) >= 11 is 0. The fourth-order valence-corrected chi connectivity index (χ4v) is 2.45. The molecule has 1 rings (SSSR count). The molecule has 1 atom stereocenters. The van der Waals surface area contributed by atoms with Crippen molar-refractivity contribution in [2.45, 2.75) is 64.7 Å². The first-order valence-electron chi connectivity index (χ1n) is 8.99. The van der Waals surface area contributed by atoms with Gasteiger partial charge in [-0.15, -0.1) is 0 Å². The second kappa shape index (κ2) is 10.5. The van der Waals surface area contributed by atoms with Crippen LogP contribution in [-0.4, -0.2) is 72.0 Å². The molecule has 1 saturated heterocycles. The number of nitrogens with two attached hydrogens (primary N) is 1. The number of hydrogen-bond donors (Lipinski definition) is 2. The minimum Gasteiger partial charge on any atom is -0.444 e. The predicted molar refractivity (Wildman–Crippen MR) is 97.1 cm³/mol. The lowest BCUT2D eigenvalue weighted by atomic mass is 10.1. The molecule has 1 aliphatic rings. The Morgan fingerprint density at radius 3 is 2.76 bits per heavy atom. The van der Waals surface area contributed by atoms with Crippen molar-refractivity contribution in [3.63, 3.8) is 0 Å². The van der Waals surface area contributed by atoms with E-state index in [1.54, 1.807) is 7.05 Å². The van der Waals surface area contributed by atoms with Gasteiger partial charge in [0, 0.05) is 33.1 Å². The van der Waals surface area contributed by atoms with E-state index in [4.69, 9.17) is 15.3 Å². The zero-order valence-corrected chi connectivity index (χ0v) is 16.0. The molecule has 25 heavy (non-hydrogen) atoms. The molecule has 0 aromatic rings. The van der Waals surface area contributed by atoms with Crippen LogP contribution in [0.2, 0.25) is 0 Å². The minimum atomic E-state index is -0.518. The van der Waals surface area contributed by atoms with E-state index in [0.29, 0.717) is 25.4 Å². The predicted octanol–water partition coefficient (Wildman–Crippen LogP) is 1.73. The van der Waals surface area contributed by atoms with E-state index < -0.39 is 5.60 Å². The molecular formula is C17H34N4O4. The summed E-state index contributed by atoms with van der Waals surface area (Å²) in [5, 5.41) is 13.7. The molecule has 1 heterocycles. The minimum absolute atomic E-state index is 0.328. The largest absolute Gasteiger partial charge is 0.444 e. The van der Waals surface area contributed by atoms with Gasteiger partial charge in [-0.25, -0.2) is 4.79 Å². The first kappa shape index (κ1) is 21.5. The van der Waals surface area contributed by atoms with Crippen molar-refractivity contribution < 1.29 is 19.5 Å². The Hall–Kier alpha value is -1.54. The van der Waals surface area contributed by atoms with E-state index >= 15 is 0 Å². The smallest absolute Gasteiger partial charge is 0.410 e. The maximum Gasteiger partial charge on any atom is 0.410 e. The fraction of sp³-hybridized carbons (Fsp3) is 0.882. The third-order valence-corrected chi connectivity index (χ3v) is 3.85. The maximum atomic E-state index is 11.8. The zero-order valence-electron chi connectivity index (χ0n) is 16.0. The Balaban J connectivity index is 2.15. The van der Waals surface area contributed by atoms with Crippen molar-refractivity contribution in [1.29, 1.82) is 0 Å². The number of piperidine rings is 1. The van der Waals surface area contributed by atoms with Gasteiger partial charge in [-0.3, -0.25) is 4.90 Å². The van der Waals surface area contributed by atoms with E-state index in [1.165, 1.54) is 4.90 Å². The monoisotopic (exact) mass is 358 g/mol. The third kappa shape index (κ3) is 9.50. The summed E-state index contributed by atoms with van der Waals surface area (Å²) in [4.78, 5) is 20.6. The molecule has 8 heteroatoms. The van der Waals surface area contributed by atoms with E-state index in [9.17, 15) is 9.90 Å². The van der Waals surface area contributed by atoms with E-state index in [1.807, 2.05) is 20.8 Å². The van der Waals surface area contributed by atoms with Crippen LogP contribution in [0.25, 0.3) is 0 Å². The van der Waals surface area contributed by atoms with Crippen LogP contribution in [0, 0.1) is 0 Å². The highest BCUT2D eigenvalue weighted by molar-refractivity contribution is 5.80. The molecule has 0 aromatic carbocycles. The van der Waals surface area contributed by atoms with Crippen LogP contribution in [0.3, 0.4) is 0 Å². The van der Waals surface area contributed by atoms with Crippen molar-refractivity contribution in [3.8, 4) is 0 Å². The topological polar surface area (TPSA) is 101 Å². The number of likely N-dealkylation sites (tertiary alicyclic amines) is 1. The fourth-order valence-electron chi connectivity index (χ4n) is 2.45. The van der Waals surface area contributed by atoms with E-state index in [-0.39, 0.29) is 12.3 Å². The van der Waals surface area contributed by atoms with Crippen LogP contribution in [0.5, 0.6) is 0 Å². The highest BCUT2D eigenvalue weighted by Gasteiger charge is 2.20. The second-order valence-corrected chi connectivity index (χ2v) is 7.43. The highest BCUT2D eigenvalue weighted by atomic mass is 16.6. The van der Waals surface area contributed by atoms with Gasteiger partial charge in [0.2, 0.25) is 0 Å². The zero-order chi connectivity index (χ0) is 18.9. The van der Waals surface area contributed by atoms with Gasteiger partial charge in [0.1, 0.15) is 24.3 Å². The number of nitrogens with zero attached hydrogens (tertiary/aromatic N) is 3. The standard InChI is InChI=1S/C17H34N4O4/c1-17(2,3)25-16(23)20(4)12-9-14(18)19-24-13-7-11-21-10-6-5-8-15(21)22/h15,22H,5-13H2,1-4H3,(H2,18,19). The number of carbonyl (C=O) groups is 1. The Bertz CT molecular complexity index is 437. The number of aliphatic hydroxyl groups is 1. The van der Waals surface area contributed by atoms with Gasteiger partial charge in [-0.05, 0) is 46.5 Å². The SMILES string of the molecule is CN(CCC(N)=NOCCCN1CCCCC1O)C(=O)OC(C)(C)C. The Labute approximate surface area is 150 Å². The molecule has 0 aliphatic carbocycles. The summed E-state index contributed by atoms with van der Waals surface area (Å²) in [6, 6.07) is 0. The van der Waals surface area contributed by atoms with E-state index in [2.05, 4.69) is 10.1 Å². The molecule has 0 bridgehead atoms. The molecule has 0 spiro atoms. The van der Waals surface area contributed by atoms with Crippen LogP contribution in [0.1, 0.15) is 52.9 Å². The van der Waals surface area contributed by atoms with E-state index in [0.717, 1.165) is 38.8 Å². The summed E-state index contributed by atoms with van der Waals surface area (Å²) in [5.41, 5.74) is 5.27. The molecule has 1 unspecified atom stereocenters. The van der Waals surface area contributed by atoms with Crippen molar-refractivity contribution in [3.05, 3.63) is 0 Å². The molecule has 146 valence electrons. The van der Waals surface area contributed by atoms with Gasteiger partial charge in [0.15, 0.2) is 0 Å². The Morgan fingerprint density at radius 2 is 2.12 bits per heavy atom. The van der Waals surface area contributed by atoms with Crippen molar-refractivity contribution >= 4 is 11.9 Å². The van der Waals surface area contributed by atoms with Gasteiger partial charge in [0.05, 0.1) is 0 Å². The quantitative estimate of drug-likeness (QED) is 0.297. The maximum absolute atomic E-state index is 11.8. The van der Waals surface area contributed by atoms with Gasteiger partial charge in [0.25, 0.3) is 0 Å². The lowest BCUT2D eigenvalue weighted by Crippen LogP contribution is -2.40. The van der Waals surface area contributed by atoms with Crippen molar-refractivity contribution in [2.75, 3.05) is 33.3 Å². The molecule has 0 radical (unpaired) electrons. The van der Waals surface area contributed by atoms with Gasteiger partial charge < -0.3 is 25.3 Å². The highest BCUT2D eigenvalue weighted by Crippen LogP contribution is 2.14. The number of amidine groups is 1. The van der Waals surface area contributed by atoms with Gasteiger partial charge in [-0.1, -0.05) is 5.16 Å². The molecule has 8 nitrogen and oxygen atoms in total. The molecule has 0 saturated carbocycles. The molecule has 1 amide bonds.